The molecule has 0 saturated heterocycles. The van der Waals surface area contributed by atoms with Crippen molar-refractivity contribution in [2.24, 2.45) is 5.73 Å². The van der Waals surface area contributed by atoms with E-state index in [1.54, 1.807) is 0 Å². The van der Waals surface area contributed by atoms with Crippen molar-refractivity contribution in [3.63, 3.8) is 0 Å². The Morgan fingerprint density at radius 2 is 2.26 bits per heavy atom. The Morgan fingerprint density at radius 3 is 2.68 bits per heavy atom. The van der Waals surface area contributed by atoms with Crippen molar-refractivity contribution < 1.29 is 8.42 Å². The molecule has 0 radical (unpaired) electrons. The smallest absolute Gasteiger partial charge is 0.252 e. The summed E-state index contributed by atoms with van der Waals surface area (Å²) in [5.41, 5.74) is 5.46. The summed E-state index contributed by atoms with van der Waals surface area (Å²) in [7, 11) is -3.51. The lowest BCUT2D eigenvalue weighted by Crippen LogP contribution is -2.35. The van der Waals surface area contributed by atoms with Gasteiger partial charge in [-0.3, -0.25) is 0 Å². The molecule has 0 amide bonds. The maximum Gasteiger partial charge on any atom is 0.252 e. The van der Waals surface area contributed by atoms with Gasteiger partial charge in [-0.1, -0.05) is 23.8 Å². The highest BCUT2D eigenvalue weighted by Crippen LogP contribution is 2.39. The third-order valence-corrected chi connectivity index (χ3v) is 7.80. The first-order chi connectivity index (χ1) is 8.82. The van der Waals surface area contributed by atoms with Crippen LogP contribution in [0.2, 0.25) is 5.02 Å². The van der Waals surface area contributed by atoms with Gasteiger partial charge >= 0.3 is 0 Å². The van der Waals surface area contributed by atoms with Gasteiger partial charge in [-0.15, -0.1) is 11.3 Å². The van der Waals surface area contributed by atoms with Crippen LogP contribution in [-0.4, -0.2) is 30.3 Å². The fourth-order valence-corrected chi connectivity index (χ4v) is 5.96. The van der Waals surface area contributed by atoms with Crippen molar-refractivity contribution in [3.8, 4) is 0 Å². The van der Waals surface area contributed by atoms with Crippen LogP contribution in [0.3, 0.4) is 0 Å². The predicted octanol–water partition coefficient (Wildman–Crippen LogP) is 2.99. The molecule has 1 aromatic rings. The van der Waals surface area contributed by atoms with E-state index in [9.17, 15) is 8.42 Å². The second-order valence-corrected chi connectivity index (χ2v) is 9.67. The third kappa shape index (κ3) is 3.68. The Bertz CT molecular complexity index is 578. The van der Waals surface area contributed by atoms with Crippen molar-refractivity contribution in [3.05, 3.63) is 14.9 Å². The van der Waals surface area contributed by atoms with E-state index in [1.165, 1.54) is 10.4 Å². The normalized spacial score (nSPS) is 15.9. The van der Waals surface area contributed by atoms with Crippen molar-refractivity contribution in [1.29, 1.82) is 0 Å². The average Bonchev–Trinajstić information content (AvgIpc) is 3.06. The predicted molar refractivity (Wildman–Crippen MR) is 85.3 cm³/mol. The number of sulfonamides is 1. The van der Waals surface area contributed by atoms with Crippen molar-refractivity contribution in [2.75, 3.05) is 6.54 Å². The monoisotopic (exact) mass is 402 g/mol. The highest BCUT2D eigenvalue weighted by molar-refractivity contribution is 9.11. The largest absolute Gasteiger partial charge is 0.393 e. The molecule has 0 spiro atoms. The molecule has 106 valence electrons. The van der Waals surface area contributed by atoms with E-state index in [2.05, 4.69) is 15.9 Å². The minimum Gasteiger partial charge on any atom is -0.393 e. The molecule has 19 heavy (non-hydrogen) atoms. The molecule has 1 aromatic heterocycles. The molecule has 2 rings (SSSR count). The van der Waals surface area contributed by atoms with Crippen LogP contribution in [0.4, 0.5) is 0 Å². The standard InChI is InChI=1S/C10H12BrClN2O2S3/c11-10-7(12)5-9(18-10)19(15,16)14(6-1-2-6)4-3-8(13)17/h5-6H,1-4H2,(H2,13,17). The van der Waals surface area contributed by atoms with E-state index in [0.29, 0.717) is 26.8 Å². The summed E-state index contributed by atoms with van der Waals surface area (Å²) in [4.78, 5) is 0.325. The number of thiocarbonyl (C=S) groups is 1. The maximum absolute atomic E-state index is 12.6. The van der Waals surface area contributed by atoms with Crippen molar-refractivity contribution in [2.45, 2.75) is 29.5 Å². The lowest BCUT2D eigenvalue weighted by atomic mass is 10.4. The zero-order chi connectivity index (χ0) is 14.2. The molecule has 1 aliphatic carbocycles. The molecule has 4 nitrogen and oxygen atoms in total. The number of nitrogens with two attached hydrogens (primary N) is 1. The van der Waals surface area contributed by atoms with Crippen LogP contribution in [0.5, 0.6) is 0 Å². The number of nitrogens with zero attached hydrogens (tertiary/aromatic N) is 1. The molecule has 0 aromatic carbocycles. The molecule has 1 saturated carbocycles. The topological polar surface area (TPSA) is 63.4 Å². The first-order valence-electron chi connectivity index (χ1n) is 5.57. The van der Waals surface area contributed by atoms with Gasteiger partial charge in [0.05, 0.1) is 13.8 Å². The molecule has 0 unspecified atom stereocenters. The molecule has 1 aliphatic rings. The van der Waals surface area contributed by atoms with Crippen LogP contribution < -0.4 is 5.73 Å². The zero-order valence-electron chi connectivity index (χ0n) is 9.80. The highest BCUT2D eigenvalue weighted by atomic mass is 79.9. The van der Waals surface area contributed by atoms with Crippen LogP contribution in [0.15, 0.2) is 14.1 Å². The quantitative estimate of drug-likeness (QED) is 0.742. The molecule has 2 N–H and O–H groups in total. The Hall–Kier alpha value is 0.270. The zero-order valence-corrected chi connectivity index (χ0v) is 14.6. The molecule has 0 bridgehead atoms. The van der Waals surface area contributed by atoms with Gasteiger partial charge in [0.25, 0.3) is 10.0 Å². The van der Waals surface area contributed by atoms with Gasteiger partial charge in [0, 0.05) is 19.0 Å². The first-order valence-corrected chi connectivity index (χ1v) is 9.41. The van der Waals surface area contributed by atoms with Gasteiger partial charge in [-0.25, -0.2) is 8.42 Å². The second-order valence-electron chi connectivity index (χ2n) is 4.25. The number of rotatable bonds is 6. The molecular formula is C10H12BrClN2O2S3. The Labute approximate surface area is 135 Å². The van der Waals surface area contributed by atoms with Crippen LogP contribution >= 0.6 is 51.1 Å². The maximum atomic E-state index is 12.6. The minimum atomic E-state index is -3.51. The summed E-state index contributed by atoms with van der Waals surface area (Å²) < 4.78 is 27.5. The van der Waals surface area contributed by atoms with E-state index in [-0.39, 0.29) is 10.3 Å². The molecule has 1 heterocycles. The summed E-state index contributed by atoms with van der Waals surface area (Å²) in [5, 5.41) is 0.411. The van der Waals surface area contributed by atoms with Crippen LogP contribution in [0, 0.1) is 0 Å². The number of halogens is 2. The molecule has 0 aliphatic heterocycles. The molecule has 1 fully saturated rings. The Morgan fingerprint density at radius 1 is 1.63 bits per heavy atom. The second kappa shape index (κ2) is 5.95. The summed E-state index contributed by atoms with van der Waals surface area (Å²) in [6, 6.07) is 1.54. The van der Waals surface area contributed by atoms with E-state index < -0.39 is 10.0 Å². The van der Waals surface area contributed by atoms with Crippen LogP contribution in [0.1, 0.15) is 19.3 Å². The minimum absolute atomic E-state index is 0.0685. The van der Waals surface area contributed by atoms with Gasteiger partial charge in [0.15, 0.2) is 0 Å². The fraction of sp³-hybridized carbons (Fsp3) is 0.500. The number of hydrogen-bond donors (Lipinski definition) is 1. The lowest BCUT2D eigenvalue weighted by molar-refractivity contribution is 0.414. The highest BCUT2D eigenvalue weighted by Gasteiger charge is 2.38. The average molecular weight is 404 g/mol. The lowest BCUT2D eigenvalue weighted by Gasteiger charge is -2.20. The van der Waals surface area contributed by atoms with E-state index in [0.717, 1.165) is 24.2 Å². The number of thiophene rings is 1. The fourth-order valence-electron chi connectivity index (χ4n) is 1.65. The molecule has 0 atom stereocenters. The Balaban J connectivity index is 2.26. The van der Waals surface area contributed by atoms with Crippen LogP contribution in [0.25, 0.3) is 0 Å². The summed E-state index contributed by atoms with van der Waals surface area (Å²) in [5.74, 6) is 0. The van der Waals surface area contributed by atoms with Gasteiger partial charge in [0.1, 0.15) is 4.21 Å². The van der Waals surface area contributed by atoms with Gasteiger partial charge < -0.3 is 5.73 Å². The van der Waals surface area contributed by atoms with Crippen molar-refractivity contribution >= 4 is 66.1 Å². The Kier molecular flexibility index (Phi) is 4.90. The molecular weight excluding hydrogens is 392 g/mol. The van der Waals surface area contributed by atoms with E-state index >= 15 is 0 Å². The van der Waals surface area contributed by atoms with Gasteiger partial charge in [0.2, 0.25) is 0 Å². The molecule has 9 heteroatoms. The third-order valence-electron chi connectivity index (χ3n) is 2.72. The van der Waals surface area contributed by atoms with E-state index in [1.807, 2.05) is 0 Å². The summed E-state index contributed by atoms with van der Waals surface area (Å²) in [6.45, 7) is 0.329. The first kappa shape index (κ1) is 15.7. The van der Waals surface area contributed by atoms with Gasteiger partial charge in [-0.05, 0) is 34.8 Å². The summed E-state index contributed by atoms with van der Waals surface area (Å²) >= 11 is 15.1. The summed E-state index contributed by atoms with van der Waals surface area (Å²) in [6.07, 6.45) is 2.17. The SMILES string of the molecule is NC(=S)CCN(C1CC1)S(=O)(=O)c1cc(Cl)c(Br)s1. The van der Waals surface area contributed by atoms with Crippen molar-refractivity contribution in [1.82, 2.24) is 4.31 Å². The van der Waals surface area contributed by atoms with Gasteiger partial charge in [-0.2, -0.15) is 4.31 Å². The van der Waals surface area contributed by atoms with Crippen LogP contribution in [-0.2, 0) is 10.0 Å². The van der Waals surface area contributed by atoms with E-state index in [4.69, 9.17) is 29.6 Å². The number of hydrogen-bond acceptors (Lipinski definition) is 4.